The van der Waals surface area contributed by atoms with Crippen LogP contribution in [0.15, 0.2) is 65.1 Å². The highest BCUT2D eigenvalue weighted by Crippen LogP contribution is 2.21. The highest BCUT2D eigenvalue weighted by atomic mass is 79.9. The predicted molar refractivity (Wildman–Crippen MR) is 86.0 cm³/mol. The van der Waals surface area contributed by atoms with E-state index in [9.17, 15) is 9.18 Å². The number of anilines is 1. The van der Waals surface area contributed by atoms with E-state index in [1.807, 2.05) is 36.4 Å². The van der Waals surface area contributed by atoms with Crippen molar-refractivity contribution >= 4 is 38.3 Å². The summed E-state index contributed by atoms with van der Waals surface area (Å²) in [5.41, 5.74) is 1.11. The number of carbonyl (C=O) groups is 1. The number of hydrogen-bond acceptors (Lipinski definition) is 1. The van der Waals surface area contributed by atoms with Gasteiger partial charge in [0.1, 0.15) is 5.82 Å². The van der Waals surface area contributed by atoms with Crippen molar-refractivity contribution in [3.8, 4) is 0 Å². The number of rotatable bonds is 2. The van der Waals surface area contributed by atoms with Crippen molar-refractivity contribution in [1.82, 2.24) is 0 Å². The maximum absolute atomic E-state index is 13.2. The highest BCUT2D eigenvalue weighted by molar-refractivity contribution is 9.10. The van der Waals surface area contributed by atoms with E-state index in [2.05, 4.69) is 21.2 Å². The molecule has 0 heterocycles. The maximum atomic E-state index is 13.2. The molecule has 1 N–H and O–H groups in total. The molecule has 2 nitrogen and oxygen atoms in total. The van der Waals surface area contributed by atoms with Gasteiger partial charge in [-0.25, -0.2) is 4.39 Å². The Morgan fingerprint density at radius 1 is 0.952 bits per heavy atom. The topological polar surface area (TPSA) is 29.1 Å². The van der Waals surface area contributed by atoms with Gasteiger partial charge in [-0.05, 0) is 57.0 Å². The van der Waals surface area contributed by atoms with Crippen LogP contribution >= 0.6 is 15.9 Å². The van der Waals surface area contributed by atoms with Crippen LogP contribution in [0.4, 0.5) is 10.1 Å². The monoisotopic (exact) mass is 343 g/mol. The lowest BCUT2D eigenvalue weighted by Crippen LogP contribution is -2.11. The average molecular weight is 344 g/mol. The molecule has 3 rings (SSSR count). The summed E-state index contributed by atoms with van der Waals surface area (Å²) in [6, 6.07) is 17.7. The number of nitrogens with one attached hydrogen (secondary N) is 1. The molecule has 0 radical (unpaired) electrons. The van der Waals surface area contributed by atoms with Crippen LogP contribution < -0.4 is 5.32 Å². The van der Waals surface area contributed by atoms with Gasteiger partial charge in [-0.1, -0.05) is 30.3 Å². The molecular formula is C17H11BrFNO. The van der Waals surface area contributed by atoms with Crippen LogP contribution in [0.1, 0.15) is 10.4 Å². The van der Waals surface area contributed by atoms with E-state index in [4.69, 9.17) is 0 Å². The number of carbonyl (C=O) groups excluding carboxylic acids is 1. The quantitative estimate of drug-likeness (QED) is 0.697. The molecule has 104 valence electrons. The Morgan fingerprint density at radius 3 is 2.48 bits per heavy atom. The van der Waals surface area contributed by atoms with E-state index in [-0.39, 0.29) is 11.7 Å². The first-order valence-corrected chi connectivity index (χ1v) is 7.18. The Hall–Kier alpha value is -2.20. The van der Waals surface area contributed by atoms with Gasteiger partial charge < -0.3 is 5.32 Å². The minimum absolute atomic E-state index is 0.223. The van der Waals surface area contributed by atoms with E-state index in [0.29, 0.717) is 15.7 Å². The van der Waals surface area contributed by atoms with Gasteiger partial charge in [-0.15, -0.1) is 0 Å². The van der Waals surface area contributed by atoms with Crippen molar-refractivity contribution in [3.05, 3.63) is 76.5 Å². The summed E-state index contributed by atoms with van der Waals surface area (Å²) in [5.74, 6) is -0.585. The first-order valence-electron chi connectivity index (χ1n) is 6.39. The Bertz CT molecular complexity index is 832. The lowest BCUT2D eigenvalue weighted by Gasteiger charge is -2.07. The van der Waals surface area contributed by atoms with Gasteiger partial charge in [-0.2, -0.15) is 0 Å². The van der Waals surface area contributed by atoms with Crippen LogP contribution in [0.3, 0.4) is 0 Å². The molecule has 0 aliphatic carbocycles. The van der Waals surface area contributed by atoms with E-state index < -0.39 is 0 Å². The first kappa shape index (κ1) is 13.8. The minimum Gasteiger partial charge on any atom is -0.322 e. The lowest BCUT2D eigenvalue weighted by molar-refractivity contribution is 0.102. The van der Waals surface area contributed by atoms with Crippen LogP contribution in [0.2, 0.25) is 0 Å². The average Bonchev–Trinajstić information content (AvgIpc) is 2.50. The molecule has 0 saturated heterocycles. The van der Waals surface area contributed by atoms with Crippen LogP contribution in [0.25, 0.3) is 10.8 Å². The predicted octanol–water partition coefficient (Wildman–Crippen LogP) is 4.99. The third-order valence-electron chi connectivity index (χ3n) is 3.19. The number of amides is 1. The summed E-state index contributed by atoms with van der Waals surface area (Å²) in [7, 11) is 0. The lowest BCUT2D eigenvalue weighted by atomic mass is 10.1. The molecule has 0 aromatic heterocycles. The standard InChI is InChI=1S/C17H11BrFNO/c18-15-10-14(7-8-16(15)19)20-17(21)13-6-5-11-3-1-2-4-12(11)9-13/h1-10H,(H,20,21). The van der Waals surface area contributed by atoms with Gasteiger partial charge >= 0.3 is 0 Å². The molecule has 0 atom stereocenters. The van der Waals surface area contributed by atoms with Crippen molar-refractivity contribution in [2.75, 3.05) is 5.32 Å². The van der Waals surface area contributed by atoms with E-state index in [1.54, 1.807) is 6.07 Å². The van der Waals surface area contributed by atoms with Crippen LogP contribution in [0, 0.1) is 5.82 Å². The van der Waals surface area contributed by atoms with Gasteiger partial charge in [-0.3, -0.25) is 4.79 Å². The van der Waals surface area contributed by atoms with E-state index in [1.165, 1.54) is 18.2 Å². The molecule has 0 fully saturated rings. The van der Waals surface area contributed by atoms with E-state index in [0.717, 1.165) is 10.8 Å². The molecule has 3 aromatic rings. The molecular weight excluding hydrogens is 333 g/mol. The number of fused-ring (bicyclic) bond motifs is 1. The fourth-order valence-corrected chi connectivity index (χ4v) is 2.49. The summed E-state index contributed by atoms with van der Waals surface area (Å²) in [5, 5.41) is 4.84. The van der Waals surface area contributed by atoms with Gasteiger partial charge in [0.2, 0.25) is 0 Å². The van der Waals surface area contributed by atoms with Gasteiger partial charge in [0.25, 0.3) is 5.91 Å². The van der Waals surface area contributed by atoms with Crippen molar-refractivity contribution in [2.45, 2.75) is 0 Å². The van der Waals surface area contributed by atoms with Crippen molar-refractivity contribution in [1.29, 1.82) is 0 Å². The summed E-state index contributed by atoms with van der Waals surface area (Å²) in [6.07, 6.45) is 0. The zero-order chi connectivity index (χ0) is 14.8. The Labute approximate surface area is 129 Å². The molecule has 0 aliphatic heterocycles. The molecule has 0 bridgehead atoms. The van der Waals surface area contributed by atoms with E-state index >= 15 is 0 Å². The molecule has 0 saturated carbocycles. The van der Waals surface area contributed by atoms with Gasteiger partial charge in [0.05, 0.1) is 4.47 Å². The maximum Gasteiger partial charge on any atom is 0.255 e. The fraction of sp³-hybridized carbons (Fsp3) is 0. The largest absolute Gasteiger partial charge is 0.322 e. The normalized spacial score (nSPS) is 10.6. The zero-order valence-corrected chi connectivity index (χ0v) is 12.5. The first-order chi connectivity index (χ1) is 10.1. The molecule has 0 unspecified atom stereocenters. The minimum atomic E-state index is -0.362. The molecule has 0 aliphatic rings. The van der Waals surface area contributed by atoms with Crippen molar-refractivity contribution in [3.63, 3.8) is 0 Å². The SMILES string of the molecule is O=C(Nc1ccc(F)c(Br)c1)c1ccc2ccccc2c1. The highest BCUT2D eigenvalue weighted by Gasteiger charge is 2.08. The Balaban J connectivity index is 1.87. The molecule has 1 amide bonds. The summed E-state index contributed by atoms with van der Waals surface area (Å²) in [6.45, 7) is 0. The Morgan fingerprint density at radius 2 is 1.71 bits per heavy atom. The third kappa shape index (κ3) is 2.95. The fourth-order valence-electron chi connectivity index (χ4n) is 2.11. The zero-order valence-electron chi connectivity index (χ0n) is 10.9. The summed E-state index contributed by atoms with van der Waals surface area (Å²) in [4.78, 5) is 12.2. The van der Waals surface area contributed by atoms with Crippen molar-refractivity contribution < 1.29 is 9.18 Å². The third-order valence-corrected chi connectivity index (χ3v) is 3.80. The summed E-state index contributed by atoms with van der Waals surface area (Å²) < 4.78 is 13.5. The molecule has 21 heavy (non-hydrogen) atoms. The second kappa shape index (κ2) is 5.66. The second-order valence-electron chi connectivity index (χ2n) is 4.64. The van der Waals surface area contributed by atoms with Crippen molar-refractivity contribution in [2.24, 2.45) is 0 Å². The number of benzene rings is 3. The van der Waals surface area contributed by atoms with Gasteiger partial charge in [0.15, 0.2) is 0 Å². The van der Waals surface area contributed by atoms with Crippen LogP contribution in [-0.4, -0.2) is 5.91 Å². The molecule has 3 aromatic carbocycles. The van der Waals surface area contributed by atoms with Crippen LogP contribution in [-0.2, 0) is 0 Å². The van der Waals surface area contributed by atoms with Gasteiger partial charge in [0, 0.05) is 11.3 Å². The smallest absolute Gasteiger partial charge is 0.255 e. The summed E-state index contributed by atoms with van der Waals surface area (Å²) >= 11 is 3.10. The second-order valence-corrected chi connectivity index (χ2v) is 5.50. The number of hydrogen-bond donors (Lipinski definition) is 1. The van der Waals surface area contributed by atoms with Crippen LogP contribution in [0.5, 0.6) is 0 Å². The Kier molecular flexibility index (Phi) is 3.71. The number of halogens is 2. The molecule has 0 spiro atoms. The molecule has 4 heteroatoms.